The number of amides is 2. The molecule has 0 saturated carbocycles. The summed E-state index contributed by atoms with van der Waals surface area (Å²) < 4.78 is 46.2. The van der Waals surface area contributed by atoms with Crippen LogP contribution in [0.2, 0.25) is 0 Å². The summed E-state index contributed by atoms with van der Waals surface area (Å²) in [6, 6.07) is 18.9. The van der Waals surface area contributed by atoms with Crippen molar-refractivity contribution in [3.05, 3.63) is 103 Å². The maximum atomic E-state index is 13.1. The molecule has 0 saturated heterocycles. The molecule has 37 heavy (non-hydrogen) atoms. The lowest BCUT2D eigenvalue weighted by Crippen LogP contribution is -2.49. The van der Waals surface area contributed by atoms with Crippen LogP contribution in [0.4, 0.5) is 10.1 Å². The van der Waals surface area contributed by atoms with Gasteiger partial charge in [-0.15, -0.1) is 6.58 Å². The van der Waals surface area contributed by atoms with Gasteiger partial charge in [0.25, 0.3) is 15.9 Å². The predicted octanol–water partition coefficient (Wildman–Crippen LogP) is 3.72. The van der Waals surface area contributed by atoms with Gasteiger partial charge in [-0.05, 0) is 61.0 Å². The van der Waals surface area contributed by atoms with Gasteiger partial charge in [-0.25, -0.2) is 12.8 Å². The minimum absolute atomic E-state index is 0.0336. The molecule has 0 aliphatic heterocycles. The van der Waals surface area contributed by atoms with Crippen molar-refractivity contribution in [3.8, 4) is 5.75 Å². The Bertz CT molecular complexity index is 1310. The van der Waals surface area contributed by atoms with Gasteiger partial charge in [-0.1, -0.05) is 36.4 Å². The van der Waals surface area contributed by atoms with Gasteiger partial charge in [0, 0.05) is 18.8 Å². The van der Waals surface area contributed by atoms with Crippen LogP contribution in [0.25, 0.3) is 0 Å². The van der Waals surface area contributed by atoms with Crippen molar-refractivity contribution in [1.29, 1.82) is 0 Å². The van der Waals surface area contributed by atoms with Crippen LogP contribution in [0.15, 0.2) is 96.4 Å². The van der Waals surface area contributed by atoms with Crippen molar-refractivity contribution < 1.29 is 27.1 Å². The van der Waals surface area contributed by atoms with Crippen LogP contribution in [-0.2, 0) is 26.2 Å². The topological polar surface area (TPSA) is 105 Å². The van der Waals surface area contributed by atoms with Gasteiger partial charge >= 0.3 is 0 Å². The van der Waals surface area contributed by atoms with Crippen LogP contribution in [0.3, 0.4) is 0 Å². The number of benzene rings is 3. The van der Waals surface area contributed by atoms with Gasteiger partial charge in [0.15, 0.2) is 6.61 Å². The first kappa shape index (κ1) is 27.4. The zero-order valence-electron chi connectivity index (χ0n) is 20.3. The Kier molecular flexibility index (Phi) is 9.39. The van der Waals surface area contributed by atoms with Gasteiger partial charge in [0.05, 0.1) is 4.90 Å². The lowest BCUT2D eigenvalue weighted by atomic mass is 10.1. The van der Waals surface area contributed by atoms with Gasteiger partial charge in [0.2, 0.25) is 5.91 Å². The summed E-state index contributed by atoms with van der Waals surface area (Å²) in [5, 5.41) is 2.69. The first-order valence-electron chi connectivity index (χ1n) is 11.4. The number of sulfonamides is 1. The van der Waals surface area contributed by atoms with E-state index in [1.165, 1.54) is 41.3 Å². The van der Waals surface area contributed by atoms with E-state index in [2.05, 4.69) is 16.6 Å². The zero-order chi connectivity index (χ0) is 26.8. The third-order valence-corrected chi connectivity index (χ3v) is 6.77. The van der Waals surface area contributed by atoms with E-state index in [-0.39, 0.29) is 41.9 Å². The Balaban J connectivity index is 1.66. The number of carbonyl (C=O) groups is 2. The van der Waals surface area contributed by atoms with Crippen LogP contribution < -0.4 is 14.8 Å². The largest absolute Gasteiger partial charge is 0.484 e. The van der Waals surface area contributed by atoms with Gasteiger partial charge < -0.3 is 15.0 Å². The standard InChI is InChI=1S/C27H28FN3O5S/c1-3-17-29-27(33)20(2)31(18-21-7-5-4-6-8-21)26(32)19-36-24-13-15-25(16-14-24)37(34,35)30-23-11-9-22(28)10-12-23/h3-16,20,30H,1,17-19H2,2H3,(H,29,33). The lowest BCUT2D eigenvalue weighted by molar-refractivity contribution is -0.142. The van der Waals surface area contributed by atoms with Crippen LogP contribution in [0.1, 0.15) is 12.5 Å². The Labute approximate surface area is 215 Å². The summed E-state index contributed by atoms with van der Waals surface area (Å²) in [6.07, 6.45) is 1.55. The normalized spacial score (nSPS) is 11.7. The molecule has 1 atom stereocenters. The summed E-state index contributed by atoms with van der Waals surface area (Å²) >= 11 is 0. The number of halogens is 1. The highest BCUT2D eigenvalue weighted by Gasteiger charge is 2.26. The minimum atomic E-state index is -3.91. The molecule has 0 aliphatic rings. The second kappa shape index (κ2) is 12.7. The fourth-order valence-electron chi connectivity index (χ4n) is 3.36. The maximum absolute atomic E-state index is 13.1. The molecule has 10 heteroatoms. The Hall–Kier alpha value is -4.18. The van der Waals surface area contributed by atoms with E-state index in [0.29, 0.717) is 0 Å². The fourth-order valence-corrected chi connectivity index (χ4v) is 4.42. The smallest absolute Gasteiger partial charge is 0.261 e. The van der Waals surface area contributed by atoms with Crippen LogP contribution in [0, 0.1) is 5.82 Å². The molecular weight excluding hydrogens is 497 g/mol. The minimum Gasteiger partial charge on any atom is -0.484 e. The number of nitrogens with one attached hydrogen (secondary N) is 2. The van der Waals surface area contributed by atoms with Crippen LogP contribution in [-0.4, -0.2) is 44.3 Å². The Morgan fingerprint density at radius 2 is 1.68 bits per heavy atom. The monoisotopic (exact) mass is 525 g/mol. The number of ether oxygens (including phenoxy) is 1. The molecule has 3 rings (SSSR count). The predicted molar refractivity (Wildman–Crippen MR) is 139 cm³/mol. The van der Waals surface area contributed by atoms with Crippen molar-refractivity contribution in [3.63, 3.8) is 0 Å². The van der Waals surface area contributed by atoms with Gasteiger partial charge in [0.1, 0.15) is 17.6 Å². The van der Waals surface area contributed by atoms with Crippen molar-refractivity contribution in [2.45, 2.75) is 24.4 Å². The van der Waals surface area contributed by atoms with Crippen molar-refractivity contribution in [1.82, 2.24) is 10.2 Å². The highest BCUT2D eigenvalue weighted by Crippen LogP contribution is 2.20. The summed E-state index contributed by atoms with van der Waals surface area (Å²) in [5.41, 5.74) is 1.07. The van der Waals surface area contributed by atoms with E-state index in [1.54, 1.807) is 13.0 Å². The van der Waals surface area contributed by atoms with E-state index in [1.807, 2.05) is 30.3 Å². The third kappa shape index (κ3) is 7.91. The van der Waals surface area contributed by atoms with E-state index in [9.17, 15) is 22.4 Å². The average Bonchev–Trinajstić information content (AvgIpc) is 2.90. The quantitative estimate of drug-likeness (QED) is 0.351. The maximum Gasteiger partial charge on any atom is 0.261 e. The van der Waals surface area contributed by atoms with E-state index in [4.69, 9.17) is 4.74 Å². The molecule has 3 aromatic carbocycles. The number of hydrogen-bond donors (Lipinski definition) is 2. The first-order valence-corrected chi connectivity index (χ1v) is 12.9. The van der Waals surface area contributed by atoms with E-state index >= 15 is 0 Å². The van der Waals surface area contributed by atoms with E-state index in [0.717, 1.165) is 17.7 Å². The van der Waals surface area contributed by atoms with E-state index < -0.39 is 27.8 Å². The van der Waals surface area contributed by atoms with Crippen molar-refractivity contribution in [2.75, 3.05) is 17.9 Å². The number of carbonyl (C=O) groups excluding carboxylic acids is 2. The second-order valence-electron chi connectivity index (χ2n) is 8.09. The Morgan fingerprint density at radius 3 is 2.30 bits per heavy atom. The molecular formula is C27H28FN3O5S. The molecule has 0 heterocycles. The van der Waals surface area contributed by atoms with Crippen molar-refractivity contribution in [2.24, 2.45) is 0 Å². The molecule has 2 N–H and O–H groups in total. The van der Waals surface area contributed by atoms with Gasteiger partial charge in [-0.2, -0.15) is 0 Å². The van der Waals surface area contributed by atoms with Gasteiger partial charge in [-0.3, -0.25) is 14.3 Å². The molecule has 0 aromatic heterocycles. The summed E-state index contributed by atoms with van der Waals surface area (Å²) in [7, 11) is -3.91. The average molecular weight is 526 g/mol. The molecule has 3 aromatic rings. The molecule has 0 fully saturated rings. The number of rotatable bonds is 12. The molecule has 0 aliphatic carbocycles. The SMILES string of the molecule is C=CCNC(=O)C(C)N(Cc1ccccc1)C(=O)COc1ccc(S(=O)(=O)Nc2ccc(F)cc2)cc1. The summed E-state index contributed by atoms with van der Waals surface area (Å²) in [5.74, 6) is -0.946. The third-order valence-electron chi connectivity index (χ3n) is 5.38. The van der Waals surface area contributed by atoms with Crippen molar-refractivity contribution >= 4 is 27.5 Å². The molecule has 1 unspecified atom stereocenters. The molecule has 0 bridgehead atoms. The number of anilines is 1. The summed E-state index contributed by atoms with van der Waals surface area (Å²) in [4.78, 5) is 27.0. The lowest BCUT2D eigenvalue weighted by Gasteiger charge is -2.28. The zero-order valence-corrected chi connectivity index (χ0v) is 21.1. The molecule has 194 valence electrons. The fraction of sp³-hybridized carbons (Fsp3) is 0.185. The molecule has 8 nitrogen and oxygen atoms in total. The second-order valence-corrected chi connectivity index (χ2v) is 9.77. The highest BCUT2D eigenvalue weighted by atomic mass is 32.2. The molecule has 0 spiro atoms. The highest BCUT2D eigenvalue weighted by molar-refractivity contribution is 7.92. The number of hydrogen-bond acceptors (Lipinski definition) is 5. The molecule has 2 amide bonds. The molecule has 0 radical (unpaired) electrons. The van der Waals surface area contributed by atoms with Crippen LogP contribution >= 0.6 is 0 Å². The summed E-state index contributed by atoms with van der Waals surface area (Å²) in [6.45, 7) is 5.34. The van der Waals surface area contributed by atoms with Crippen LogP contribution in [0.5, 0.6) is 5.75 Å². The number of nitrogens with zero attached hydrogens (tertiary/aromatic N) is 1. The Morgan fingerprint density at radius 1 is 1.03 bits per heavy atom. The first-order chi connectivity index (χ1) is 17.7.